The van der Waals surface area contributed by atoms with Crippen molar-refractivity contribution in [3.05, 3.63) is 34.9 Å². The number of ether oxygens (including phenoxy) is 3. The summed E-state index contributed by atoms with van der Waals surface area (Å²) in [6, 6.07) is 4.07. The predicted molar refractivity (Wildman–Crippen MR) is 147 cm³/mol. The van der Waals surface area contributed by atoms with E-state index in [-0.39, 0.29) is 45.3 Å². The second-order valence-electron chi connectivity index (χ2n) is 9.08. The van der Waals surface area contributed by atoms with Crippen LogP contribution in [0.3, 0.4) is 0 Å². The molecule has 2 aromatic heterocycles. The summed E-state index contributed by atoms with van der Waals surface area (Å²) in [5.74, 6) is -2.28. The molecule has 0 saturated carbocycles. The van der Waals surface area contributed by atoms with Crippen LogP contribution in [-0.2, 0) is 24.3 Å². The third-order valence-electron chi connectivity index (χ3n) is 4.81. The maximum Gasteiger partial charge on any atom is 0.408 e. The number of carboxylic acids is 1. The zero-order chi connectivity index (χ0) is 30.5. The number of alkyl carbamates (subject to hydrolysis) is 1. The van der Waals surface area contributed by atoms with E-state index in [2.05, 4.69) is 25.1 Å². The van der Waals surface area contributed by atoms with Crippen LogP contribution in [0, 0.1) is 0 Å². The van der Waals surface area contributed by atoms with Crippen molar-refractivity contribution in [1.29, 1.82) is 0 Å². The molecule has 3 aromatic rings. The van der Waals surface area contributed by atoms with E-state index < -0.39 is 44.9 Å². The van der Waals surface area contributed by atoms with Crippen LogP contribution in [0.5, 0.6) is 6.01 Å². The first-order valence-electron chi connectivity index (χ1n) is 11.8. The number of hydrogen-bond acceptors (Lipinski definition) is 12. The minimum Gasteiger partial charge on any atom is -0.480 e. The number of nitrogens with one attached hydrogen (secondary N) is 2. The topological polar surface area (TPSA) is 200 Å². The van der Waals surface area contributed by atoms with E-state index in [1.54, 1.807) is 27.7 Å². The van der Waals surface area contributed by atoms with E-state index in [0.717, 1.165) is 23.4 Å². The summed E-state index contributed by atoms with van der Waals surface area (Å²) in [5, 5.41) is 15.3. The average Bonchev–Trinajstić information content (AvgIpc) is 3.32. The zero-order valence-corrected chi connectivity index (χ0v) is 24.9. The lowest BCUT2D eigenvalue weighted by atomic mass is 10.2. The number of carbonyl (C=O) groups is 3. The van der Waals surface area contributed by atoms with Gasteiger partial charge in [0.2, 0.25) is 0 Å². The number of para-hydroxylation sites is 1. The molecule has 0 unspecified atom stereocenters. The molecule has 18 heteroatoms. The summed E-state index contributed by atoms with van der Waals surface area (Å²) in [7, 11) is -3.35. The van der Waals surface area contributed by atoms with Gasteiger partial charge >= 0.3 is 24.0 Å². The van der Waals surface area contributed by atoms with E-state index in [9.17, 15) is 27.9 Å². The van der Waals surface area contributed by atoms with Crippen LogP contribution in [0.15, 0.2) is 34.4 Å². The van der Waals surface area contributed by atoms with Crippen LogP contribution in [0.2, 0.25) is 5.02 Å². The third-order valence-corrected chi connectivity index (χ3v) is 7.25. The average molecular weight is 631 g/mol. The minimum atomic E-state index is -4.49. The number of carboxylic acid groups (broad SMARTS) is 1. The monoisotopic (exact) mass is 630 g/mol. The van der Waals surface area contributed by atoms with Gasteiger partial charge in [0, 0.05) is 11.8 Å². The Bertz CT molecular complexity index is 1570. The number of carbonyl (C=O) groups excluding carboxylic acids is 2. The molecule has 0 aliphatic heterocycles. The smallest absolute Gasteiger partial charge is 0.408 e. The van der Waals surface area contributed by atoms with Gasteiger partial charge in [0.1, 0.15) is 16.7 Å². The van der Waals surface area contributed by atoms with E-state index in [1.165, 1.54) is 24.3 Å². The van der Waals surface area contributed by atoms with Gasteiger partial charge < -0.3 is 24.6 Å². The highest BCUT2D eigenvalue weighted by Gasteiger charge is 2.28. The molecule has 41 heavy (non-hydrogen) atoms. The van der Waals surface area contributed by atoms with Crippen LogP contribution in [-0.4, -0.2) is 82.3 Å². The van der Waals surface area contributed by atoms with Crippen LogP contribution >= 0.6 is 23.4 Å². The SMILES string of the molecule is CCOc1nc(SC[C@H](NC(=O)OC(C)(C)C)C(=O)O)cc2nc(S(=O)(=O)Nc3c(Cl)cccc3C(=O)OC)nn12. The highest BCUT2D eigenvalue weighted by atomic mass is 35.5. The van der Waals surface area contributed by atoms with Gasteiger partial charge in [0.25, 0.3) is 15.2 Å². The van der Waals surface area contributed by atoms with Crippen molar-refractivity contribution in [1.82, 2.24) is 24.9 Å². The Morgan fingerprint density at radius 2 is 1.93 bits per heavy atom. The summed E-state index contributed by atoms with van der Waals surface area (Å²) in [6.45, 7) is 6.72. The van der Waals surface area contributed by atoms with Gasteiger partial charge in [-0.15, -0.1) is 16.9 Å². The molecule has 15 nitrogen and oxygen atoms in total. The number of benzene rings is 1. The fourth-order valence-corrected chi connectivity index (χ4v) is 5.27. The third kappa shape index (κ3) is 8.11. The molecule has 0 fully saturated rings. The first-order valence-corrected chi connectivity index (χ1v) is 14.6. The Morgan fingerprint density at radius 3 is 2.54 bits per heavy atom. The lowest BCUT2D eigenvalue weighted by Crippen LogP contribution is -2.44. The van der Waals surface area contributed by atoms with Gasteiger partial charge in [0.15, 0.2) is 5.65 Å². The number of thioether (sulfide) groups is 1. The first-order chi connectivity index (χ1) is 19.1. The molecule has 0 bridgehead atoms. The van der Waals surface area contributed by atoms with Gasteiger partial charge in [-0.1, -0.05) is 17.7 Å². The molecule has 3 N–H and O–H groups in total. The molecule has 0 radical (unpaired) electrons. The van der Waals surface area contributed by atoms with Crippen LogP contribution in [0.4, 0.5) is 10.5 Å². The van der Waals surface area contributed by atoms with Crippen molar-refractivity contribution < 1.29 is 42.1 Å². The van der Waals surface area contributed by atoms with Crippen molar-refractivity contribution >= 4 is 62.8 Å². The fraction of sp³-hybridized carbons (Fsp3) is 0.391. The summed E-state index contributed by atoms with van der Waals surface area (Å²) in [6.07, 6.45) is -0.905. The van der Waals surface area contributed by atoms with Gasteiger partial charge in [-0.25, -0.2) is 14.4 Å². The fourth-order valence-electron chi connectivity index (χ4n) is 3.11. The number of methoxy groups -OCH3 is 1. The number of aliphatic carboxylic acids is 1. The number of esters is 1. The highest BCUT2D eigenvalue weighted by Crippen LogP contribution is 2.29. The number of sulfonamides is 1. The quantitative estimate of drug-likeness (QED) is 0.159. The first kappa shape index (κ1) is 31.7. The Labute approximate surface area is 244 Å². The second kappa shape index (κ2) is 12.8. The Kier molecular flexibility index (Phi) is 9.88. The number of aromatic nitrogens is 4. The molecule has 0 spiro atoms. The van der Waals surface area contributed by atoms with Gasteiger partial charge in [-0.05, 0) is 39.8 Å². The predicted octanol–water partition coefficient (Wildman–Crippen LogP) is 2.83. The van der Waals surface area contributed by atoms with Crippen molar-refractivity contribution in [2.75, 3.05) is 24.2 Å². The van der Waals surface area contributed by atoms with Gasteiger partial charge in [-0.2, -0.15) is 22.9 Å². The van der Waals surface area contributed by atoms with Gasteiger partial charge in [0.05, 0.1) is 30.0 Å². The zero-order valence-electron chi connectivity index (χ0n) is 22.5. The van der Waals surface area contributed by atoms with Crippen molar-refractivity contribution in [3.63, 3.8) is 0 Å². The molecular formula is C23H27ClN6O9S2. The summed E-state index contributed by atoms with van der Waals surface area (Å²) in [4.78, 5) is 44.2. The molecule has 1 atom stereocenters. The summed E-state index contributed by atoms with van der Waals surface area (Å²) in [5.41, 5.74) is -1.18. The standard InChI is InChI=1S/C23H27ClN6O9S2/c1-6-38-21-27-16(40-11-14(18(31)32)25-22(34)39-23(2,3)4)10-15-26-20(28-30(15)21)41(35,36)29-17-12(19(33)37-5)8-7-9-13(17)24/h7-10,14,29H,6,11H2,1-5H3,(H,25,34)(H,31,32)/t14-/m0/s1. The van der Waals surface area contributed by atoms with Crippen molar-refractivity contribution in [2.45, 2.75) is 49.5 Å². The Balaban J connectivity index is 1.91. The molecule has 1 aromatic carbocycles. The van der Waals surface area contributed by atoms with E-state index in [1.807, 2.05) is 0 Å². The molecule has 222 valence electrons. The number of rotatable bonds is 11. The lowest BCUT2D eigenvalue weighted by molar-refractivity contribution is -0.138. The maximum absolute atomic E-state index is 13.2. The van der Waals surface area contributed by atoms with E-state index in [4.69, 9.17) is 25.8 Å². The Hall–Kier alpha value is -3.83. The number of nitrogens with zero attached hydrogens (tertiary/aromatic N) is 4. The molecule has 3 rings (SSSR count). The summed E-state index contributed by atoms with van der Waals surface area (Å²) < 4.78 is 44.9. The van der Waals surface area contributed by atoms with E-state index >= 15 is 0 Å². The van der Waals surface area contributed by atoms with Crippen LogP contribution < -0.4 is 14.8 Å². The second-order valence-corrected chi connectivity index (χ2v) is 12.1. The molecule has 2 heterocycles. The normalized spacial score (nSPS) is 12.4. The maximum atomic E-state index is 13.2. The number of amides is 1. The Morgan fingerprint density at radius 1 is 1.22 bits per heavy atom. The van der Waals surface area contributed by atoms with E-state index in [0.29, 0.717) is 0 Å². The lowest BCUT2D eigenvalue weighted by Gasteiger charge is -2.21. The van der Waals surface area contributed by atoms with Crippen LogP contribution in [0.1, 0.15) is 38.1 Å². The van der Waals surface area contributed by atoms with Crippen LogP contribution in [0.25, 0.3) is 5.65 Å². The number of fused-ring (bicyclic) bond motifs is 1. The van der Waals surface area contributed by atoms with Crippen molar-refractivity contribution in [3.8, 4) is 6.01 Å². The van der Waals surface area contributed by atoms with Crippen molar-refractivity contribution in [2.24, 2.45) is 0 Å². The highest BCUT2D eigenvalue weighted by molar-refractivity contribution is 7.99. The largest absolute Gasteiger partial charge is 0.480 e. The minimum absolute atomic E-state index is 0.00523. The molecule has 0 aliphatic rings. The molecule has 0 saturated heterocycles. The molecule has 0 aliphatic carbocycles. The summed E-state index contributed by atoms with van der Waals surface area (Å²) >= 11 is 7.09. The molecule has 1 amide bonds. The number of halogens is 1. The number of anilines is 1. The number of hydrogen-bond donors (Lipinski definition) is 3. The molecular weight excluding hydrogens is 604 g/mol. The van der Waals surface area contributed by atoms with Gasteiger partial charge in [-0.3, -0.25) is 4.72 Å².